The van der Waals surface area contributed by atoms with Crippen LogP contribution in [0.15, 0.2) is 39.5 Å². The van der Waals surface area contributed by atoms with Gasteiger partial charge in [0.15, 0.2) is 5.78 Å². The van der Waals surface area contributed by atoms with E-state index in [1.807, 2.05) is 0 Å². The van der Waals surface area contributed by atoms with Crippen LogP contribution in [-0.4, -0.2) is 24.6 Å². The first kappa shape index (κ1) is 14.9. The van der Waals surface area contributed by atoms with Crippen LogP contribution in [0.4, 0.5) is 0 Å². The van der Waals surface area contributed by atoms with E-state index in [1.165, 1.54) is 26.2 Å². The molecule has 1 heterocycles. The maximum Gasteiger partial charge on any atom is 0.204 e. The average molecular weight is 314 g/mol. The van der Waals surface area contributed by atoms with Crippen LogP contribution in [0, 0.1) is 0 Å². The SMILES string of the molecule is COc1ccc2oc3cc(OCC(C)=O)cc(O)c3c(=O)c2c1. The Balaban J connectivity index is 2.23. The van der Waals surface area contributed by atoms with Gasteiger partial charge in [0.1, 0.15) is 40.4 Å². The van der Waals surface area contributed by atoms with E-state index in [-0.39, 0.29) is 40.3 Å². The van der Waals surface area contributed by atoms with Crippen molar-refractivity contribution in [3.8, 4) is 17.2 Å². The highest BCUT2D eigenvalue weighted by molar-refractivity contribution is 5.94. The van der Waals surface area contributed by atoms with Gasteiger partial charge in [-0.1, -0.05) is 0 Å². The lowest BCUT2D eigenvalue weighted by Gasteiger charge is -2.08. The summed E-state index contributed by atoms with van der Waals surface area (Å²) in [7, 11) is 1.50. The number of phenolic OH excluding ortho intramolecular Hbond substituents is 1. The number of carbonyl (C=O) groups is 1. The Labute approximate surface area is 130 Å². The fourth-order valence-electron chi connectivity index (χ4n) is 2.31. The Bertz CT molecular complexity index is 970. The molecule has 0 aliphatic carbocycles. The highest BCUT2D eigenvalue weighted by atomic mass is 16.5. The van der Waals surface area contributed by atoms with Crippen molar-refractivity contribution in [1.82, 2.24) is 0 Å². The number of ether oxygens (including phenoxy) is 2. The Kier molecular flexibility index (Phi) is 3.65. The zero-order chi connectivity index (χ0) is 16.6. The van der Waals surface area contributed by atoms with Gasteiger partial charge in [-0.05, 0) is 25.1 Å². The van der Waals surface area contributed by atoms with Crippen molar-refractivity contribution >= 4 is 27.7 Å². The summed E-state index contributed by atoms with van der Waals surface area (Å²) in [6, 6.07) is 7.61. The Morgan fingerprint density at radius 3 is 2.65 bits per heavy atom. The molecule has 6 nitrogen and oxygen atoms in total. The van der Waals surface area contributed by atoms with Gasteiger partial charge in [0.2, 0.25) is 5.43 Å². The summed E-state index contributed by atoms with van der Waals surface area (Å²) in [6.07, 6.45) is 0. The van der Waals surface area contributed by atoms with E-state index in [4.69, 9.17) is 13.9 Å². The van der Waals surface area contributed by atoms with Gasteiger partial charge in [-0.2, -0.15) is 0 Å². The average Bonchev–Trinajstić information content (AvgIpc) is 2.52. The minimum Gasteiger partial charge on any atom is -0.507 e. The van der Waals surface area contributed by atoms with Gasteiger partial charge in [-0.15, -0.1) is 0 Å². The van der Waals surface area contributed by atoms with Crippen molar-refractivity contribution < 1.29 is 23.8 Å². The summed E-state index contributed by atoms with van der Waals surface area (Å²) in [4.78, 5) is 23.6. The van der Waals surface area contributed by atoms with Crippen LogP contribution >= 0.6 is 0 Å². The summed E-state index contributed by atoms with van der Waals surface area (Å²) >= 11 is 0. The van der Waals surface area contributed by atoms with Gasteiger partial charge < -0.3 is 19.0 Å². The third-order valence-corrected chi connectivity index (χ3v) is 3.38. The summed E-state index contributed by atoms with van der Waals surface area (Å²) < 4.78 is 16.0. The fraction of sp³-hybridized carbons (Fsp3) is 0.176. The first-order chi connectivity index (χ1) is 11.0. The zero-order valence-corrected chi connectivity index (χ0v) is 12.6. The van der Waals surface area contributed by atoms with Gasteiger partial charge in [0.05, 0.1) is 12.5 Å². The lowest BCUT2D eigenvalue weighted by Crippen LogP contribution is -2.07. The number of carbonyl (C=O) groups excluding carboxylic acids is 1. The first-order valence-corrected chi connectivity index (χ1v) is 6.89. The summed E-state index contributed by atoms with van der Waals surface area (Å²) in [6.45, 7) is 1.27. The minimum atomic E-state index is -0.365. The molecule has 118 valence electrons. The minimum absolute atomic E-state index is 0.0564. The maximum atomic E-state index is 12.6. The molecule has 0 aliphatic heterocycles. The lowest BCUT2D eigenvalue weighted by atomic mass is 10.1. The predicted molar refractivity (Wildman–Crippen MR) is 84.4 cm³/mol. The van der Waals surface area contributed by atoms with E-state index >= 15 is 0 Å². The molecule has 3 aromatic rings. The fourth-order valence-corrected chi connectivity index (χ4v) is 2.31. The topological polar surface area (TPSA) is 86.0 Å². The molecule has 2 aromatic carbocycles. The maximum absolute atomic E-state index is 12.6. The molecule has 1 aromatic heterocycles. The molecule has 1 N–H and O–H groups in total. The van der Waals surface area contributed by atoms with E-state index in [2.05, 4.69) is 0 Å². The van der Waals surface area contributed by atoms with Crippen molar-refractivity contribution in [3.05, 3.63) is 40.6 Å². The molecule has 0 bridgehead atoms. The van der Waals surface area contributed by atoms with Crippen molar-refractivity contribution in [2.45, 2.75) is 6.92 Å². The molecule has 3 rings (SSSR count). The number of benzene rings is 2. The standard InChI is InChI=1S/C17H14O6/c1-9(18)8-22-11-6-13(19)16-15(7-11)23-14-4-3-10(21-2)5-12(14)17(16)20/h3-7,19H,8H2,1-2H3. The van der Waals surface area contributed by atoms with Crippen molar-refractivity contribution in [1.29, 1.82) is 0 Å². The molecule has 0 fully saturated rings. The molecule has 0 atom stereocenters. The first-order valence-electron chi connectivity index (χ1n) is 6.89. The Morgan fingerprint density at radius 1 is 1.17 bits per heavy atom. The lowest BCUT2D eigenvalue weighted by molar-refractivity contribution is -0.118. The van der Waals surface area contributed by atoms with Crippen LogP contribution in [0.2, 0.25) is 0 Å². The van der Waals surface area contributed by atoms with Crippen LogP contribution in [0.25, 0.3) is 21.9 Å². The van der Waals surface area contributed by atoms with Gasteiger partial charge >= 0.3 is 0 Å². The molecular weight excluding hydrogens is 300 g/mol. The Hall–Kier alpha value is -3.02. The van der Waals surface area contributed by atoms with Crippen molar-refractivity contribution in [3.63, 3.8) is 0 Å². The van der Waals surface area contributed by atoms with Crippen LogP contribution in [0.1, 0.15) is 6.92 Å². The second-order valence-corrected chi connectivity index (χ2v) is 5.10. The van der Waals surface area contributed by atoms with Crippen LogP contribution < -0.4 is 14.9 Å². The highest BCUT2D eigenvalue weighted by Crippen LogP contribution is 2.31. The molecule has 23 heavy (non-hydrogen) atoms. The summed E-state index contributed by atoms with van der Waals surface area (Å²) in [5.41, 5.74) is 0.188. The van der Waals surface area contributed by atoms with E-state index in [0.717, 1.165) is 0 Å². The normalized spacial score (nSPS) is 10.9. The number of aromatic hydroxyl groups is 1. The van der Waals surface area contributed by atoms with E-state index in [9.17, 15) is 14.7 Å². The molecule has 0 saturated carbocycles. The zero-order valence-electron chi connectivity index (χ0n) is 12.6. The van der Waals surface area contributed by atoms with Gasteiger partial charge in [-0.3, -0.25) is 9.59 Å². The summed E-state index contributed by atoms with van der Waals surface area (Å²) in [5, 5.41) is 10.5. The number of methoxy groups -OCH3 is 1. The van der Waals surface area contributed by atoms with E-state index in [0.29, 0.717) is 16.7 Å². The van der Waals surface area contributed by atoms with Crippen LogP contribution in [0.5, 0.6) is 17.2 Å². The third-order valence-electron chi connectivity index (χ3n) is 3.38. The monoisotopic (exact) mass is 314 g/mol. The van der Waals surface area contributed by atoms with Gasteiger partial charge in [0, 0.05) is 12.1 Å². The molecule has 0 radical (unpaired) electrons. The van der Waals surface area contributed by atoms with Crippen LogP contribution in [-0.2, 0) is 4.79 Å². The van der Waals surface area contributed by atoms with Crippen molar-refractivity contribution in [2.24, 2.45) is 0 Å². The number of rotatable bonds is 4. The molecule has 6 heteroatoms. The largest absolute Gasteiger partial charge is 0.507 e. The second kappa shape index (κ2) is 5.64. The molecular formula is C17H14O6. The Morgan fingerprint density at radius 2 is 1.96 bits per heavy atom. The number of ketones is 1. The number of phenols is 1. The quantitative estimate of drug-likeness (QED) is 0.745. The van der Waals surface area contributed by atoms with Gasteiger partial charge in [-0.25, -0.2) is 0 Å². The van der Waals surface area contributed by atoms with Crippen molar-refractivity contribution in [2.75, 3.05) is 13.7 Å². The second-order valence-electron chi connectivity index (χ2n) is 5.10. The number of Topliss-reactive ketones (excluding diaryl/α,β-unsaturated/α-hetero) is 1. The third kappa shape index (κ3) is 2.70. The van der Waals surface area contributed by atoms with E-state index < -0.39 is 0 Å². The highest BCUT2D eigenvalue weighted by Gasteiger charge is 2.14. The number of hydrogen-bond donors (Lipinski definition) is 1. The molecule has 0 aliphatic rings. The summed E-state index contributed by atoms with van der Waals surface area (Å²) in [5.74, 6) is 0.349. The molecule has 0 spiro atoms. The van der Waals surface area contributed by atoms with Gasteiger partial charge in [0.25, 0.3) is 0 Å². The smallest absolute Gasteiger partial charge is 0.204 e. The molecule has 0 amide bonds. The van der Waals surface area contributed by atoms with Crippen LogP contribution in [0.3, 0.4) is 0 Å². The van der Waals surface area contributed by atoms with E-state index in [1.54, 1.807) is 18.2 Å². The number of hydrogen-bond acceptors (Lipinski definition) is 6. The number of fused-ring (bicyclic) bond motifs is 2. The predicted octanol–water partition coefficient (Wildman–Crippen LogP) is 2.63. The molecule has 0 unspecified atom stereocenters. The molecule has 0 saturated heterocycles.